The number of nitrogens with one attached hydrogen (secondary N) is 1. The molecule has 114 valence electrons. The predicted octanol–water partition coefficient (Wildman–Crippen LogP) is 0.567. The van der Waals surface area contributed by atoms with Gasteiger partial charge in [0.25, 0.3) is 0 Å². The van der Waals surface area contributed by atoms with Crippen LogP contribution in [0, 0.1) is 5.92 Å². The van der Waals surface area contributed by atoms with Gasteiger partial charge in [-0.2, -0.15) is 0 Å². The summed E-state index contributed by atoms with van der Waals surface area (Å²) < 4.78 is 38.2. The Morgan fingerprint density at radius 1 is 1.25 bits per heavy atom. The third-order valence-electron chi connectivity index (χ3n) is 4.78. The van der Waals surface area contributed by atoms with Crippen molar-refractivity contribution in [3.63, 3.8) is 0 Å². The summed E-state index contributed by atoms with van der Waals surface area (Å²) in [5.41, 5.74) is 0. The van der Waals surface area contributed by atoms with Crippen molar-refractivity contribution in [2.75, 3.05) is 7.11 Å². The highest BCUT2D eigenvalue weighted by molar-refractivity contribution is 7.90. The number of hydrogen-bond donors (Lipinski definition) is 1. The van der Waals surface area contributed by atoms with E-state index in [1.807, 2.05) is 0 Å². The van der Waals surface area contributed by atoms with Gasteiger partial charge in [-0.25, -0.2) is 13.1 Å². The Bertz CT molecular complexity index is 491. The summed E-state index contributed by atoms with van der Waals surface area (Å²) in [6, 6.07) is -0.127. The normalized spacial score (nSPS) is 40.1. The second kappa shape index (κ2) is 5.27. The SMILES string of the molecule is COC(=O)C1CCCC1S(=O)(=O)NC1CC2CCC1O2. The van der Waals surface area contributed by atoms with E-state index in [0.29, 0.717) is 12.8 Å². The van der Waals surface area contributed by atoms with Crippen molar-refractivity contribution in [2.45, 2.75) is 62.0 Å². The van der Waals surface area contributed by atoms with Crippen molar-refractivity contribution < 1.29 is 22.7 Å². The molecule has 0 spiro atoms. The number of hydrogen-bond acceptors (Lipinski definition) is 5. The molecule has 0 aromatic rings. The van der Waals surface area contributed by atoms with Gasteiger partial charge in [-0.3, -0.25) is 4.79 Å². The minimum Gasteiger partial charge on any atom is -0.469 e. The van der Waals surface area contributed by atoms with Gasteiger partial charge in [0.1, 0.15) is 0 Å². The van der Waals surface area contributed by atoms with E-state index in [1.165, 1.54) is 7.11 Å². The number of esters is 1. The van der Waals surface area contributed by atoms with Crippen molar-refractivity contribution in [3.8, 4) is 0 Å². The van der Waals surface area contributed by atoms with Gasteiger partial charge in [0.2, 0.25) is 10.0 Å². The number of carbonyl (C=O) groups excluding carboxylic acids is 1. The summed E-state index contributed by atoms with van der Waals surface area (Å²) in [7, 11) is -2.19. The highest BCUT2D eigenvalue weighted by Gasteiger charge is 2.47. The average Bonchev–Trinajstić information content (AvgIpc) is 3.12. The molecule has 1 saturated carbocycles. The number of rotatable bonds is 4. The molecule has 0 amide bonds. The van der Waals surface area contributed by atoms with Crippen LogP contribution in [-0.4, -0.2) is 45.0 Å². The Morgan fingerprint density at radius 3 is 2.65 bits per heavy atom. The first-order chi connectivity index (χ1) is 9.51. The van der Waals surface area contributed by atoms with Crippen LogP contribution >= 0.6 is 0 Å². The van der Waals surface area contributed by atoms with Gasteiger partial charge in [0.05, 0.1) is 36.5 Å². The molecule has 3 rings (SSSR count). The summed E-state index contributed by atoms with van der Waals surface area (Å²) in [6.07, 6.45) is 4.76. The number of sulfonamides is 1. The van der Waals surface area contributed by atoms with E-state index < -0.39 is 27.2 Å². The molecule has 1 N–H and O–H groups in total. The van der Waals surface area contributed by atoms with E-state index in [-0.39, 0.29) is 18.2 Å². The molecule has 20 heavy (non-hydrogen) atoms. The zero-order chi connectivity index (χ0) is 14.3. The minimum atomic E-state index is -3.50. The molecule has 3 fully saturated rings. The molecule has 1 aliphatic carbocycles. The quantitative estimate of drug-likeness (QED) is 0.768. The molecule has 2 aliphatic heterocycles. The lowest BCUT2D eigenvalue weighted by atomic mass is 9.96. The monoisotopic (exact) mass is 303 g/mol. The molecule has 6 nitrogen and oxygen atoms in total. The van der Waals surface area contributed by atoms with Crippen LogP contribution in [0.5, 0.6) is 0 Å². The summed E-state index contributed by atoms with van der Waals surface area (Å²) >= 11 is 0. The zero-order valence-corrected chi connectivity index (χ0v) is 12.4. The first-order valence-corrected chi connectivity index (χ1v) is 8.80. The fourth-order valence-electron chi connectivity index (χ4n) is 3.78. The molecule has 2 heterocycles. The molecule has 7 heteroatoms. The molecule has 0 radical (unpaired) electrons. The van der Waals surface area contributed by atoms with Crippen molar-refractivity contribution >= 4 is 16.0 Å². The molecule has 2 bridgehead atoms. The Balaban J connectivity index is 1.70. The predicted molar refractivity (Wildman–Crippen MR) is 71.5 cm³/mol. The first-order valence-electron chi connectivity index (χ1n) is 7.25. The summed E-state index contributed by atoms with van der Waals surface area (Å²) in [5, 5.41) is -0.658. The van der Waals surface area contributed by atoms with Gasteiger partial charge in [0.15, 0.2) is 0 Å². The molecule has 5 atom stereocenters. The zero-order valence-electron chi connectivity index (χ0n) is 11.6. The number of carbonyl (C=O) groups is 1. The molecule has 5 unspecified atom stereocenters. The van der Waals surface area contributed by atoms with E-state index in [4.69, 9.17) is 9.47 Å². The Labute approximate surface area is 119 Å². The number of fused-ring (bicyclic) bond motifs is 2. The lowest BCUT2D eigenvalue weighted by Gasteiger charge is -2.24. The van der Waals surface area contributed by atoms with Gasteiger partial charge in [-0.15, -0.1) is 0 Å². The van der Waals surface area contributed by atoms with Gasteiger partial charge in [-0.05, 0) is 32.1 Å². The molecule has 2 saturated heterocycles. The Hall–Kier alpha value is -0.660. The fraction of sp³-hybridized carbons (Fsp3) is 0.923. The Kier molecular flexibility index (Phi) is 3.77. The van der Waals surface area contributed by atoms with Crippen LogP contribution in [-0.2, 0) is 24.3 Å². The average molecular weight is 303 g/mol. The standard InChI is InChI=1S/C13H21NO5S/c1-18-13(15)9-3-2-4-12(9)20(16,17)14-10-7-8-5-6-11(10)19-8/h8-12,14H,2-7H2,1H3. The van der Waals surface area contributed by atoms with Crippen LogP contribution in [0.3, 0.4) is 0 Å². The maximum Gasteiger partial charge on any atom is 0.310 e. The van der Waals surface area contributed by atoms with Gasteiger partial charge in [0, 0.05) is 0 Å². The van der Waals surface area contributed by atoms with Crippen LogP contribution in [0.4, 0.5) is 0 Å². The molecular weight excluding hydrogens is 282 g/mol. The van der Waals surface area contributed by atoms with Crippen molar-refractivity contribution in [1.82, 2.24) is 4.72 Å². The van der Waals surface area contributed by atoms with Gasteiger partial charge < -0.3 is 9.47 Å². The summed E-state index contributed by atoms with van der Waals surface area (Å²) in [4.78, 5) is 11.7. The van der Waals surface area contributed by atoms with E-state index in [2.05, 4.69) is 4.72 Å². The molecular formula is C13H21NO5S. The van der Waals surface area contributed by atoms with E-state index >= 15 is 0 Å². The van der Waals surface area contributed by atoms with E-state index in [9.17, 15) is 13.2 Å². The summed E-state index contributed by atoms with van der Waals surface area (Å²) in [6.45, 7) is 0. The first kappa shape index (κ1) is 14.3. The fourth-order valence-corrected chi connectivity index (χ4v) is 5.78. The molecule has 0 aromatic heterocycles. The number of methoxy groups -OCH3 is 1. The lowest BCUT2D eigenvalue weighted by Crippen LogP contribution is -2.47. The van der Waals surface area contributed by atoms with Crippen LogP contribution in [0.15, 0.2) is 0 Å². The minimum absolute atomic E-state index is 0.00718. The lowest BCUT2D eigenvalue weighted by molar-refractivity contribution is -0.145. The highest BCUT2D eigenvalue weighted by atomic mass is 32.2. The van der Waals surface area contributed by atoms with Crippen molar-refractivity contribution in [3.05, 3.63) is 0 Å². The van der Waals surface area contributed by atoms with Crippen LogP contribution in [0.25, 0.3) is 0 Å². The smallest absolute Gasteiger partial charge is 0.310 e. The third-order valence-corrected chi connectivity index (χ3v) is 6.77. The number of ether oxygens (including phenoxy) is 2. The van der Waals surface area contributed by atoms with Crippen molar-refractivity contribution in [2.24, 2.45) is 5.92 Å². The summed E-state index contributed by atoms with van der Waals surface area (Å²) in [5.74, 6) is -0.945. The van der Waals surface area contributed by atoms with E-state index in [0.717, 1.165) is 25.7 Å². The molecule has 3 aliphatic rings. The van der Waals surface area contributed by atoms with Gasteiger partial charge in [-0.1, -0.05) is 6.42 Å². The van der Waals surface area contributed by atoms with Crippen LogP contribution in [0.1, 0.15) is 38.5 Å². The topological polar surface area (TPSA) is 81.7 Å². The molecule has 0 aromatic carbocycles. The third kappa shape index (κ3) is 2.46. The van der Waals surface area contributed by atoms with Crippen molar-refractivity contribution in [1.29, 1.82) is 0 Å². The van der Waals surface area contributed by atoms with Gasteiger partial charge >= 0.3 is 5.97 Å². The highest BCUT2D eigenvalue weighted by Crippen LogP contribution is 2.36. The maximum absolute atomic E-state index is 12.5. The second-order valence-electron chi connectivity index (χ2n) is 5.98. The largest absolute Gasteiger partial charge is 0.469 e. The Morgan fingerprint density at radius 2 is 2.05 bits per heavy atom. The van der Waals surface area contributed by atoms with Crippen LogP contribution in [0.2, 0.25) is 0 Å². The van der Waals surface area contributed by atoms with E-state index in [1.54, 1.807) is 0 Å². The van der Waals surface area contributed by atoms with Crippen LogP contribution < -0.4 is 4.72 Å². The second-order valence-corrected chi connectivity index (χ2v) is 7.91. The maximum atomic E-state index is 12.5.